The fourth-order valence-corrected chi connectivity index (χ4v) is 0.797. The molecular formula is C6H9N5OS. The number of hydrogen-bond acceptors (Lipinski definition) is 5. The number of thiocarbonyl (C=S) groups is 1. The Bertz CT molecular complexity index is 345. The molecule has 0 bridgehead atoms. The van der Waals surface area contributed by atoms with Crippen molar-refractivity contribution in [2.75, 3.05) is 0 Å². The Morgan fingerprint density at radius 1 is 1.62 bits per heavy atom. The van der Waals surface area contributed by atoms with Crippen molar-refractivity contribution >= 4 is 23.0 Å². The van der Waals surface area contributed by atoms with Gasteiger partial charge in [-0.3, -0.25) is 5.43 Å². The highest BCUT2D eigenvalue weighted by atomic mass is 32.1. The van der Waals surface area contributed by atoms with E-state index in [0.717, 1.165) is 0 Å². The molecule has 0 aliphatic heterocycles. The zero-order valence-corrected chi connectivity index (χ0v) is 8.05. The molecule has 0 aromatic carbocycles. The Hall–Kier alpha value is -1.50. The Morgan fingerprint density at radius 2 is 2.31 bits per heavy atom. The predicted molar refractivity (Wildman–Crippen MR) is 51.2 cm³/mol. The summed E-state index contributed by atoms with van der Waals surface area (Å²) in [6.07, 6.45) is 0. The molecule has 0 fully saturated rings. The number of aromatic nitrogens is 2. The summed E-state index contributed by atoms with van der Waals surface area (Å²) >= 11 is 4.58. The van der Waals surface area contributed by atoms with Gasteiger partial charge in [0, 0.05) is 0 Å². The van der Waals surface area contributed by atoms with Gasteiger partial charge in [-0.05, 0) is 31.2 Å². The highest BCUT2D eigenvalue weighted by Gasteiger charge is 2.07. The van der Waals surface area contributed by atoms with E-state index in [4.69, 9.17) is 5.73 Å². The van der Waals surface area contributed by atoms with E-state index in [2.05, 4.69) is 37.7 Å². The monoisotopic (exact) mass is 199 g/mol. The first-order chi connectivity index (χ1) is 6.11. The van der Waals surface area contributed by atoms with Gasteiger partial charge in [-0.25, -0.2) is 4.63 Å². The second-order valence-electron chi connectivity index (χ2n) is 2.37. The largest absolute Gasteiger partial charge is 0.375 e. The Balaban J connectivity index is 2.78. The van der Waals surface area contributed by atoms with Gasteiger partial charge in [0.05, 0.1) is 5.71 Å². The number of rotatable bonds is 2. The van der Waals surface area contributed by atoms with Crippen LogP contribution in [0.3, 0.4) is 0 Å². The average molecular weight is 199 g/mol. The molecule has 70 valence electrons. The first kappa shape index (κ1) is 9.59. The molecule has 1 rings (SSSR count). The number of nitrogens with two attached hydrogens (primary N) is 1. The zero-order chi connectivity index (χ0) is 9.84. The topological polar surface area (TPSA) is 89.3 Å². The second-order valence-corrected chi connectivity index (χ2v) is 2.81. The summed E-state index contributed by atoms with van der Waals surface area (Å²) in [4.78, 5) is 0. The van der Waals surface area contributed by atoms with Crippen molar-refractivity contribution in [3.05, 3.63) is 11.4 Å². The highest BCUT2D eigenvalue weighted by Crippen LogP contribution is 2.01. The van der Waals surface area contributed by atoms with Gasteiger partial charge in [0.15, 0.2) is 10.8 Å². The van der Waals surface area contributed by atoms with Gasteiger partial charge >= 0.3 is 0 Å². The summed E-state index contributed by atoms with van der Waals surface area (Å²) in [7, 11) is 0. The molecule has 1 aromatic heterocycles. The van der Waals surface area contributed by atoms with Gasteiger partial charge < -0.3 is 5.73 Å². The first-order valence-electron chi connectivity index (χ1n) is 3.50. The molecule has 0 amide bonds. The zero-order valence-electron chi connectivity index (χ0n) is 7.24. The summed E-state index contributed by atoms with van der Waals surface area (Å²) in [5.41, 5.74) is 9.51. The van der Waals surface area contributed by atoms with Gasteiger partial charge in [0.2, 0.25) is 0 Å². The van der Waals surface area contributed by atoms with Crippen molar-refractivity contribution in [1.29, 1.82) is 0 Å². The van der Waals surface area contributed by atoms with Crippen LogP contribution >= 0.6 is 12.2 Å². The van der Waals surface area contributed by atoms with Crippen LogP contribution in [-0.2, 0) is 0 Å². The molecule has 0 aliphatic carbocycles. The number of nitrogens with one attached hydrogen (secondary N) is 1. The van der Waals surface area contributed by atoms with Crippen LogP contribution in [0.4, 0.5) is 0 Å². The highest BCUT2D eigenvalue weighted by molar-refractivity contribution is 7.80. The van der Waals surface area contributed by atoms with Crippen molar-refractivity contribution < 1.29 is 4.63 Å². The van der Waals surface area contributed by atoms with Crippen LogP contribution in [-0.4, -0.2) is 21.1 Å². The SMILES string of the molecule is CC(=NNC(N)=S)c1nonc1C. The molecule has 1 aromatic rings. The third kappa shape index (κ3) is 2.48. The molecule has 1 heterocycles. The average Bonchev–Trinajstić information content (AvgIpc) is 2.47. The third-order valence-electron chi connectivity index (χ3n) is 1.33. The molecule has 6 nitrogen and oxygen atoms in total. The molecule has 0 spiro atoms. The molecule has 7 heteroatoms. The van der Waals surface area contributed by atoms with Crippen LogP contribution in [0.15, 0.2) is 9.73 Å². The van der Waals surface area contributed by atoms with Crippen LogP contribution in [0.25, 0.3) is 0 Å². The molecule has 0 atom stereocenters. The van der Waals surface area contributed by atoms with E-state index in [1.807, 2.05) is 0 Å². The number of hydrogen-bond donors (Lipinski definition) is 2. The summed E-state index contributed by atoms with van der Waals surface area (Å²) in [5, 5.41) is 11.2. The standard InChI is InChI=1S/C6H9N5OS/c1-3(8-9-6(7)13)5-4(2)10-12-11-5/h1-2H3,(H3,7,9,13). The molecule has 0 radical (unpaired) electrons. The molecule has 13 heavy (non-hydrogen) atoms. The van der Waals surface area contributed by atoms with E-state index in [9.17, 15) is 0 Å². The van der Waals surface area contributed by atoms with E-state index in [1.165, 1.54) is 0 Å². The Kier molecular flexibility index (Phi) is 2.91. The lowest BCUT2D eigenvalue weighted by atomic mass is 10.2. The Morgan fingerprint density at radius 3 is 2.77 bits per heavy atom. The molecule has 3 N–H and O–H groups in total. The quantitative estimate of drug-likeness (QED) is 0.394. The molecule has 0 saturated carbocycles. The van der Waals surface area contributed by atoms with Gasteiger partial charge in [0.1, 0.15) is 5.69 Å². The second kappa shape index (κ2) is 3.94. The number of nitrogens with zero attached hydrogens (tertiary/aromatic N) is 3. The predicted octanol–water partition coefficient (Wildman–Crippen LogP) is -0.0648. The van der Waals surface area contributed by atoms with Gasteiger partial charge in [-0.15, -0.1) is 0 Å². The van der Waals surface area contributed by atoms with Crippen LogP contribution in [0.5, 0.6) is 0 Å². The minimum absolute atomic E-state index is 0.105. The maximum absolute atomic E-state index is 5.19. The van der Waals surface area contributed by atoms with E-state index >= 15 is 0 Å². The maximum Gasteiger partial charge on any atom is 0.184 e. The number of aryl methyl sites for hydroxylation is 1. The summed E-state index contributed by atoms with van der Waals surface area (Å²) in [6, 6.07) is 0. The van der Waals surface area contributed by atoms with Crippen molar-refractivity contribution in [3.63, 3.8) is 0 Å². The lowest BCUT2D eigenvalue weighted by Gasteiger charge is -1.96. The van der Waals surface area contributed by atoms with E-state index in [-0.39, 0.29) is 5.11 Å². The summed E-state index contributed by atoms with van der Waals surface area (Å²) < 4.78 is 4.50. The van der Waals surface area contributed by atoms with E-state index < -0.39 is 0 Å². The molecular weight excluding hydrogens is 190 g/mol. The number of hydrazone groups is 1. The lowest BCUT2D eigenvalue weighted by Crippen LogP contribution is -2.25. The molecule has 0 unspecified atom stereocenters. The van der Waals surface area contributed by atoms with Crippen LogP contribution in [0.2, 0.25) is 0 Å². The van der Waals surface area contributed by atoms with Crippen molar-refractivity contribution in [3.8, 4) is 0 Å². The van der Waals surface area contributed by atoms with Crippen molar-refractivity contribution in [1.82, 2.24) is 15.7 Å². The van der Waals surface area contributed by atoms with Crippen molar-refractivity contribution in [2.45, 2.75) is 13.8 Å². The summed E-state index contributed by atoms with van der Waals surface area (Å²) in [6.45, 7) is 3.52. The van der Waals surface area contributed by atoms with Crippen LogP contribution in [0.1, 0.15) is 18.3 Å². The van der Waals surface area contributed by atoms with Gasteiger partial charge in [0.25, 0.3) is 0 Å². The van der Waals surface area contributed by atoms with Gasteiger partial charge in [-0.2, -0.15) is 5.10 Å². The normalized spacial score (nSPS) is 11.4. The first-order valence-corrected chi connectivity index (χ1v) is 3.91. The maximum atomic E-state index is 5.19. The van der Waals surface area contributed by atoms with E-state index in [1.54, 1.807) is 13.8 Å². The Labute approximate surface area is 80.1 Å². The fraction of sp³-hybridized carbons (Fsp3) is 0.333. The minimum atomic E-state index is 0.105. The van der Waals surface area contributed by atoms with Crippen LogP contribution in [0, 0.1) is 6.92 Å². The third-order valence-corrected chi connectivity index (χ3v) is 1.42. The molecule has 0 aliphatic rings. The summed E-state index contributed by atoms with van der Waals surface area (Å²) in [5.74, 6) is 0. The lowest BCUT2D eigenvalue weighted by molar-refractivity contribution is 0.304. The van der Waals surface area contributed by atoms with E-state index in [0.29, 0.717) is 17.1 Å². The van der Waals surface area contributed by atoms with Crippen molar-refractivity contribution in [2.24, 2.45) is 10.8 Å². The van der Waals surface area contributed by atoms with Gasteiger partial charge in [-0.1, -0.05) is 5.16 Å². The minimum Gasteiger partial charge on any atom is -0.375 e. The smallest absolute Gasteiger partial charge is 0.184 e. The fourth-order valence-electron chi connectivity index (χ4n) is 0.752. The molecule has 0 saturated heterocycles. The van der Waals surface area contributed by atoms with Crippen LogP contribution < -0.4 is 11.2 Å².